The van der Waals surface area contributed by atoms with Gasteiger partial charge in [-0.15, -0.1) is 5.10 Å². The highest BCUT2D eigenvalue weighted by atomic mass is 32.2. The quantitative estimate of drug-likeness (QED) is 0.880. The zero-order chi connectivity index (χ0) is 13.2. The van der Waals surface area contributed by atoms with Crippen molar-refractivity contribution in [1.82, 2.24) is 13.9 Å². The van der Waals surface area contributed by atoms with Crippen molar-refractivity contribution in [2.75, 3.05) is 19.3 Å². The van der Waals surface area contributed by atoms with Crippen LogP contribution in [0.15, 0.2) is 5.38 Å². The Morgan fingerprint density at radius 3 is 3.06 bits per heavy atom. The first-order valence-corrected chi connectivity index (χ1v) is 8.55. The Kier molecular flexibility index (Phi) is 4.31. The highest BCUT2D eigenvalue weighted by Crippen LogP contribution is 2.27. The molecule has 18 heavy (non-hydrogen) atoms. The van der Waals surface area contributed by atoms with Gasteiger partial charge in [-0.1, -0.05) is 4.49 Å². The van der Waals surface area contributed by atoms with Gasteiger partial charge in [-0.05, 0) is 36.7 Å². The molecule has 1 aromatic heterocycles. The highest BCUT2D eigenvalue weighted by molar-refractivity contribution is 7.88. The lowest BCUT2D eigenvalue weighted by Gasteiger charge is -2.31. The maximum Gasteiger partial charge on any atom is 0.211 e. The molecule has 1 saturated heterocycles. The number of piperidine rings is 1. The van der Waals surface area contributed by atoms with E-state index in [2.05, 4.69) is 9.59 Å². The van der Waals surface area contributed by atoms with Crippen LogP contribution in [0.25, 0.3) is 0 Å². The minimum absolute atomic E-state index is 0.185. The lowest BCUT2D eigenvalue weighted by atomic mass is 9.93. The van der Waals surface area contributed by atoms with E-state index in [1.54, 1.807) is 5.38 Å². The van der Waals surface area contributed by atoms with Crippen molar-refractivity contribution < 1.29 is 13.5 Å². The van der Waals surface area contributed by atoms with E-state index in [9.17, 15) is 13.5 Å². The van der Waals surface area contributed by atoms with Gasteiger partial charge in [0.2, 0.25) is 10.0 Å². The molecule has 1 aliphatic rings. The molecule has 2 rings (SSSR count). The Hall–Kier alpha value is -0.570. The third kappa shape index (κ3) is 3.47. The van der Waals surface area contributed by atoms with Crippen LogP contribution < -0.4 is 0 Å². The molecule has 0 aliphatic carbocycles. The van der Waals surface area contributed by atoms with Crippen LogP contribution in [-0.2, 0) is 10.0 Å². The van der Waals surface area contributed by atoms with Gasteiger partial charge in [0, 0.05) is 18.5 Å². The Balaban J connectivity index is 1.94. The predicted molar refractivity (Wildman–Crippen MR) is 68.6 cm³/mol. The summed E-state index contributed by atoms with van der Waals surface area (Å²) in [5, 5.41) is 15.5. The zero-order valence-corrected chi connectivity index (χ0v) is 11.8. The molecular formula is C10H17N3O3S2. The molecule has 2 unspecified atom stereocenters. The third-order valence-corrected chi connectivity index (χ3v) is 5.02. The summed E-state index contributed by atoms with van der Waals surface area (Å²) in [5.41, 5.74) is 0.580. The van der Waals surface area contributed by atoms with E-state index in [-0.39, 0.29) is 5.92 Å². The summed E-state index contributed by atoms with van der Waals surface area (Å²) < 4.78 is 28.2. The van der Waals surface area contributed by atoms with Gasteiger partial charge in [0.25, 0.3) is 0 Å². The van der Waals surface area contributed by atoms with E-state index in [1.165, 1.54) is 22.1 Å². The number of hydrogen-bond acceptors (Lipinski definition) is 6. The fraction of sp³-hybridized carbons (Fsp3) is 0.800. The first-order chi connectivity index (χ1) is 8.47. The van der Waals surface area contributed by atoms with Crippen LogP contribution in [0.5, 0.6) is 0 Å². The van der Waals surface area contributed by atoms with Gasteiger partial charge in [0.1, 0.15) is 5.69 Å². The molecule has 0 spiro atoms. The molecule has 2 heterocycles. The number of sulfonamides is 1. The zero-order valence-electron chi connectivity index (χ0n) is 10.2. The minimum atomic E-state index is -3.12. The third-order valence-electron chi connectivity index (χ3n) is 3.23. The van der Waals surface area contributed by atoms with Crippen LogP contribution >= 0.6 is 11.5 Å². The summed E-state index contributed by atoms with van der Waals surface area (Å²) in [7, 11) is -3.12. The number of hydrogen-bond donors (Lipinski definition) is 1. The monoisotopic (exact) mass is 291 g/mol. The Morgan fingerprint density at radius 2 is 2.44 bits per heavy atom. The fourth-order valence-electron chi connectivity index (χ4n) is 2.27. The molecule has 0 amide bonds. The summed E-state index contributed by atoms with van der Waals surface area (Å²) in [6, 6.07) is 0. The van der Waals surface area contributed by atoms with Gasteiger partial charge in [-0.25, -0.2) is 12.7 Å². The maximum atomic E-state index is 11.5. The second-order valence-corrected chi connectivity index (χ2v) is 7.30. The Bertz CT molecular complexity index is 475. The van der Waals surface area contributed by atoms with Crippen molar-refractivity contribution in [3.8, 4) is 0 Å². The van der Waals surface area contributed by atoms with Gasteiger partial charge < -0.3 is 5.11 Å². The van der Waals surface area contributed by atoms with E-state index in [0.717, 1.165) is 12.8 Å². The van der Waals surface area contributed by atoms with Gasteiger partial charge >= 0.3 is 0 Å². The van der Waals surface area contributed by atoms with Crippen molar-refractivity contribution in [3.05, 3.63) is 11.1 Å². The second-order valence-electron chi connectivity index (χ2n) is 4.71. The summed E-state index contributed by atoms with van der Waals surface area (Å²) in [5.74, 6) is 0.185. The van der Waals surface area contributed by atoms with Crippen molar-refractivity contribution in [3.63, 3.8) is 0 Å². The standard InChI is InChI=1S/C10H17N3O3S2/c1-18(15,16)13-4-2-3-8(6-13)5-10(14)9-7-17-12-11-9/h7-8,10,14H,2-6H2,1H3. The van der Waals surface area contributed by atoms with E-state index in [4.69, 9.17) is 0 Å². The molecule has 102 valence electrons. The predicted octanol–water partition coefficient (Wildman–Crippen LogP) is 0.633. The first-order valence-electron chi connectivity index (χ1n) is 5.87. The summed E-state index contributed by atoms with van der Waals surface area (Å²) in [6.45, 7) is 1.08. The number of aliphatic hydroxyl groups is 1. The Morgan fingerprint density at radius 1 is 1.67 bits per heavy atom. The van der Waals surface area contributed by atoms with E-state index < -0.39 is 16.1 Å². The molecular weight excluding hydrogens is 274 g/mol. The fourth-order valence-corrected chi connectivity index (χ4v) is 3.72. The topological polar surface area (TPSA) is 83.4 Å². The van der Waals surface area contributed by atoms with Crippen LogP contribution in [0.4, 0.5) is 0 Å². The molecule has 1 fully saturated rings. The Labute approximate surface area is 111 Å². The summed E-state index contributed by atoms with van der Waals surface area (Å²) in [6.07, 6.45) is 2.92. The van der Waals surface area contributed by atoms with Crippen LogP contribution in [0.1, 0.15) is 31.1 Å². The largest absolute Gasteiger partial charge is 0.387 e. The molecule has 1 aromatic rings. The minimum Gasteiger partial charge on any atom is -0.387 e. The molecule has 0 aromatic carbocycles. The van der Waals surface area contributed by atoms with Crippen LogP contribution in [0, 0.1) is 5.92 Å². The number of nitrogens with zero attached hydrogens (tertiary/aromatic N) is 3. The smallest absolute Gasteiger partial charge is 0.211 e. The van der Waals surface area contributed by atoms with Gasteiger partial charge in [0.15, 0.2) is 0 Å². The van der Waals surface area contributed by atoms with Crippen LogP contribution in [0.3, 0.4) is 0 Å². The SMILES string of the molecule is CS(=O)(=O)N1CCCC(CC(O)c2csnn2)C1. The second kappa shape index (κ2) is 5.60. The van der Waals surface area contributed by atoms with Crippen LogP contribution in [-0.4, -0.2) is 46.8 Å². The molecule has 1 N–H and O–H groups in total. The van der Waals surface area contributed by atoms with E-state index >= 15 is 0 Å². The number of aliphatic hydroxyl groups excluding tert-OH is 1. The van der Waals surface area contributed by atoms with Gasteiger partial charge in [-0.2, -0.15) is 0 Å². The molecule has 2 atom stereocenters. The maximum absolute atomic E-state index is 11.5. The normalized spacial score (nSPS) is 24.0. The lowest BCUT2D eigenvalue weighted by molar-refractivity contribution is 0.119. The molecule has 0 radical (unpaired) electrons. The summed E-state index contributed by atoms with van der Waals surface area (Å²) >= 11 is 1.21. The molecule has 8 heteroatoms. The highest BCUT2D eigenvalue weighted by Gasteiger charge is 2.28. The number of rotatable bonds is 4. The van der Waals surface area contributed by atoms with Gasteiger partial charge in [0.05, 0.1) is 12.4 Å². The van der Waals surface area contributed by atoms with Crippen molar-refractivity contribution in [1.29, 1.82) is 0 Å². The average Bonchev–Trinajstić information content (AvgIpc) is 2.81. The van der Waals surface area contributed by atoms with Crippen LogP contribution in [0.2, 0.25) is 0 Å². The molecule has 0 bridgehead atoms. The van der Waals surface area contributed by atoms with Crippen molar-refractivity contribution in [2.24, 2.45) is 5.92 Å². The van der Waals surface area contributed by atoms with E-state index in [1.807, 2.05) is 0 Å². The van der Waals surface area contributed by atoms with Crippen molar-refractivity contribution >= 4 is 21.6 Å². The first kappa shape index (κ1) is 13.9. The molecule has 6 nitrogen and oxygen atoms in total. The summed E-state index contributed by atoms with van der Waals surface area (Å²) in [4.78, 5) is 0. The van der Waals surface area contributed by atoms with Crippen molar-refractivity contribution in [2.45, 2.75) is 25.4 Å². The van der Waals surface area contributed by atoms with E-state index in [0.29, 0.717) is 25.2 Å². The molecule has 1 aliphatic heterocycles. The number of aromatic nitrogens is 2. The lowest BCUT2D eigenvalue weighted by Crippen LogP contribution is -2.39. The van der Waals surface area contributed by atoms with Gasteiger partial charge in [-0.3, -0.25) is 0 Å². The molecule has 0 saturated carbocycles. The average molecular weight is 291 g/mol.